The second-order valence-electron chi connectivity index (χ2n) is 3.48. The Balaban J connectivity index is 2.59. The summed E-state index contributed by atoms with van der Waals surface area (Å²) < 4.78 is 15.1. The van der Waals surface area contributed by atoms with E-state index in [0.29, 0.717) is 11.3 Å². The molecular weight excluding hydrogens is 212 g/mol. The van der Waals surface area contributed by atoms with Gasteiger partial charge < -0.3 is 19.3 Å². The summed E-state index contributed by atoms with van der Waals surface area (Å²) in [7, 11) is 2.86. The van der Waals surface area contributed by atoms with Crippen molar-refractivity contribution in [1.82, 2.24) is 0 Å². The van der Waals surface area contributed by atoms with Crippen LogP contribution in [0.1, 0.15) is 15.9 Å². The van der Waals surface area contributed by atoms with Crippen LogP contribution < -0.4 is 9.47 Å². The fourth-order valence-electron chi connectivity index (χ4n) is 1.71. The number of rotatable bonds is 2. The van der Waals surface area contributed by atoms with Crippen LogP contribution in [0.25, 0.3) is 0 Å². The Labute approximate surface area is 92.5 Å². The molecule has 0 radical (unpaired) electrons. The first-order valence-corrected chi connectivity index (χ1v) is 4.74. The van der Waals surface area contributed by atoms with Crippen molar-refractivity contribution in [3.8, 4) is 17.2 Å². The fourth-order valence-corrected chi connectivity index (χ4v) is 1.71. The van der Waals surface area contributed by atoms with Crippen molar-refractivity contribution in [3.63, 3.8) is 0 Å². The Bertz CT molecular complexity index is 452. The molecule has 1 aromatic rings. The van der Waals surface area contributed by atoms with E-state index in [4.69, 9.17) is 14.2 Å². The minimum atomic E-state index is -0.979. The zero-order chi connectivity index (χ0) is 11.9. The van der Waals surface area contributed by atoms with E-state index in [2.05, 4.69) is 0 Å². The summed E-state index contributed by atoms with van der Waals surface area (Å²) in [6.07, 6.45) is -0.979. The zero-order valence-corrected chi connectivity index (χ0v) is 9.23. The van der Waals surface area contributed by atoms with Crippen LogP contribution in [0.2, 0.25) is 0 Å². The van der Waals surface area contributed by atoms with Crippen molar-refractivity contribution in [3.05, 3.63) is 17.2 Å². The van der Waals surface area contributed by atoms with Crippen molar-refractivity contribution in [2.75, 3.05) is 14.2 Å². The number of benzene rings is 1. The Morgan fingerprint density at radius 1 is 1.44 bits per heavy atom. The van der Waals surface area contributed by atoms with Gasteiger partial charge in [0.05, 0.1) is 7.11 Å². The van der Waals surface area contributed by atoms with Crippen molar-refractivity contribution in [2.24, 2.45) is 0 Å². The highest BCUT2D eigenvalue weighted by Gasteiger charge is 2.36. The molecule has 0 spiro atoms. The number of Topliss-reactive ketones (excluding diaryl/α,β-unsaturated/α-hetero) is 1. The number of ketones is 1. The number of fused-ring (bicyclic) bond motifs is 1. The van der Waals surface area contributed by atoms with Crippen LogP contribution in [0.5, 0.6) is 17.2 Å². The van der Waals surface area contributed by atoms with Gasteiger partial charge in [-0.2, -0.15) is 0 Å². The molecule has 0 aliphatic carbocycles. The molecule has 0 aromatic heterocycles. The highest BCUT2D eigenvalue weighted by molar-refractivity contribution is 6.06. The normalized spacial score (nSPS) is 18.2. The van der Waals surface area contributed by atoms with Gasteiger partial charge in [-0.25, -0.2) is 0 Å². The van der Waals surface area contributed by atoms with Crippen molar-refractivity contribution < 1.29 is 24.1 Å². The van der Waals surface area contributed by atoms with Crippen LogP contribution in [0.4, 0.5) is 0 Å². The van der Waals surface area contributed by atoms with Gasteiger partial charge >= 0.3 is 0 Å². The van der Waals surface area contributed by atoms with Crippen molar-refractivity contribution >= 4 is 5.78 Å². The van der Waals surface area contributed by atoms with Gasteiger partial charge in [-0.1, -0.05) is 0 Å². The van der Waals surface area contributed by atoms with E-state index in [0.717, 1.165) is 0 Å². The summed E-state index contributed by atoms with van der Waals surface area (Å²) in [4.78, 5) is 11.7. The Hall–Kier alpha value is -1.75. The molecule has 0 unspecified atom stereocenters. The van der Waals surface area contributed by atoms with Gasteiger partial charge in [0, 0.05) is 18.7 Å². The summed E-state index contributed by atoms with van der Waals surface area (Å²) >= 11 is 0. The van der Waals surface area contributed by atoms with Crippen LogP contribution in [0.3, 0.4) is 0 Å². The van der Waals surface area contributed by atoms with E-state index in [1.54, 1.807) is 13.0 Å². The number of carbonyl (C=O) groups excluding carboxylic acids is 1. The molecule has 5 heteroatoms. The summed E-state index contributed by atoms with van der Waals surface area (Å²) in [6.45, 7) is 1.67. The standard InChI is InChI=1S/C11H12O5/c1-5-6(14-2)4-7-8(9(5)12)10(13)11(15-3)16-7/h4,11-12H,1-3H3/t11-/m0/s1. The molecule has 2 rings (SSSR count). The third-order valence-electron chi connectivity index (χ3n) is 2.60. The predicted octanol–water partition coefficient (Wildman–Crippen LogP) is 1.26. The first-order chi connectivity index (χ1) is 7.60. The van der Waals surface area contributed by atoms with Gasteiger partial charge in [0.25, 0.3) is 6.29 Å². The van der Waals surface area contributed by atoms with Gasteiger partial charge in [-0.15, -0.1) is 0 Å². The smallest absolute Gasteiger partial charge is 0.264 e. The quantitative estimate of drug-likeness (QED) is 0.819. The molecule has 0 saturated heterocycles. The molecule has 1 aliphatic heterocycles. The fraction of sp³-hybridized carbons (Fsp3) is 0.364. The maximum absolute atomic E-state index is 11.7. The molecule has 86 valence electrons. The number of carbonyl (C=O) groups is 1. The summed E-state index contributed by atoms with van der Waals surface area (Å²) in [6, 6.07) is 1.57. The molecule has 0 amide bonds. The van der Waals surface area contributed by atoms with Crippen molar-refractivity contribution in [1.29, 1.82) is 0 Å². The second kappa shape index (κ2) is 3.68. The first-order valence-electron chi connectivity index (χ1n) is 4.74. The average molecular weight is 224 g/mol. The maximum Gasteiger partial charge on any atom is 0.264 e. The van der Waals surface area contributed by atoms with Crippen molar-refractivity contribution in [2.45, 2.75) is 13.2 Å². The molecule has 1 atom stereocenters. The molecular formula is C11H12O5. The van der Waals surface area contributed by atoms with E-state index < -0.39 is 6.29 Å². The predicted molar refractivity (Wildman–Crippen MR) is 55.2 cm³/mol. The second-order valence-corrected chi connectivity index (χ2v) is 3.48. The van der Waals surface area contributed by atoms with E-state index in [-0.39, 0.29) is 22.8 Å². The maximum atomic E-state index is 11.7. The van der Waals surface area contributed by atoms with Gasteiger partial charge in [0.2, 0.25) is 5.78 Å². The topological polar surface area (TPSA) is 65.0 Å². The summed E-state index contributed by atoms with van der Waals surface area (Å²) in [5, 5.41) is 9.88. The third-order valence-corrected chi connectivity index (χ3v) is 2.60. The number of aromatic hydroxyl groups is 1. The summed E-state index contributed by atoms with van der Waals surface area (Å²) in [5.41, 5.74) is 0.667. The number of methoxy groups -OCH3 is 2. The van der Waals surface area contributed by atoms with Crippen LogP contribution in [-0.4, -0.2) is 31.4 Å². The molecule has 1 aromatic carbocycles. The lowest BCUT2D eigenvalue weighted by molar-refractivity contribution is -0.0215. The van der Waals surface area contributed by atoms with Crippen LogP contribution >= 0.6 is 0 Å². The minimum absolute atomic E-state index is 0.112. The molecule has 16 heavy (non-hydrogen) atoms. The monoisotopic (exact) mass is 224 g/mol. The first kappa shape index (κ1) is 10.8. The number of phenolic OH excluding ortho intramolecular Hbond substituents is 1. The highest BCUT2D eigenvalue weighted by atomic mass is 16.7. The average Bonchev–Trinajstić information content (AvgIpc) is 2.60. The number of hydrogen-bond donors (Lipinski definition) is 1. The lowest BCUT2D eigenvalue weighted by Gasteiger charge is -2.09. The SMILES string of the molecule is COc1cc2c(c(O)c1C)C(=O)[C@@H](OC)O2. The number of phenols is 1. The minimum Gasteiger partial charge on any atom is -0.507 e. The largest absolute Gasteiger partial charge is 0.507 e. The molecule has 0 bridgehead atoms. The van der Waals surface area contributed by atoms with Gasteiger partial charge in [0.1, 0.15) is 22.8 Å². The van der Waals surface area contributed by atoms with E-state index in [1.165, 1.54) is 14.2 Å². The van der Waals surface area contributed by atoms with Gasteiger partial charge in [0.15, 0.2) is 0 Å². The Kier molecular flexibility index (Phi) is 2.47. The molecule has 1 heterocycles. The van der Waals surface area contributed by atoms with Crippen LogP contribution in [0.15, 0.2) is 6.07 Å². The van der Waals surface area contributed by atoms with E-state index >= 15 is 0 Å². The van der Waals surface area contributed by atoms with E-state index in [1.807, 2.05) is 0 Å². The Morgan fingerprint density at radius 2 is 2.12 bits per heavy atom. The zero-order valence-electron chi connectivity index (χ0n) is 9.23. The molecule has 1 N–H and O–H groups in total. The Morgan fingerprint density at radius 3 is 2.69 bits per heavy atom. The van der Waals surface area contributed by atoms with Crippen LogP contribution in [0, 0.1) is 6.92 Å². The third kappa shape index (κ3) is 1.32. The number of ether oxygens (including phenoxy) is 3. The number of hydrogen-bond acceptors (Lipinski definition) is 5. The molecule has 0 saturated carbocycles. The summed E-state index contributed by atoms with van der Waals surface area (Å²) in [5.74, 6) is 0.275. The van der Waals surface area contributed by atoms with Gasteiger partial charge in [-0.3, -0.25) is 4.79 Å². The lowest BCUT2D eigenvalue weighted by atomic mass is 10.1. The van der Waals surface area contributed by atoms with Crippen LogP contribution in [-0.2, 0) is 4.74 Å². The molecule has 1 aliphatic rings. The van der Waals surface area contributed by atoms with E-state index in [9.17, 15) is 9.90 Å². The lowest BCUT2D eigenvalue weighted by Crippen LogP contribution is -2.22. The van der Waals surface area contributed by atoms with Gasteiger partial charge in [-0.05, 0) is 6.92 Å². The molecule has 5 nitrogen and oxygen atoms in total. The highest BCUT2D eigenvalue weighted by Crippen LogP contribution is 2.42. The molecule has 0 fully saturated rings.